The van der Waals surface area contributed by atoms with E-state index in [-0.39, 0.29) is 12.4 Å². The molecule has 0 amide bonds. The fraction of sp³-hybridized carbons (Fsp3) is 0.400. The third-order valence-electron chi connectivity index (χ3n) is 5.27. The first-order chi connectivity index (χ1) is 13.6. The van der Waals surface area contributed by atoms with E-state index in [1.54, 1.807) is 6.07 Å². The second-order valence-electron chi connectivity index (χ2n) is 7.51. The molecule has 0 unspecified atom stereocenters. The maximum Gasteiger partial charge on any atom is 0.272 e. The van der Waals surface area contributed by atoms with Gasteiger partial charge in [-0.2, -0.15) is 0 Å². The van der Waals surface area contributed by atoms with Gasteiger partial charge in [0.1, 0.15) is 0 Å². The van der Waals surface area contributed by atoms with Crippen molar-refractivity contribution in [2.24, 2.45) is 0 Å². The summed E-state index contributed by atoms with van der Waals surface area (Å²) in [4.78, 5) is 19.3. The zero-order valence-corrected chi connectivity index (χ0v) is 15.8. The van der Waals surface area contributed by atoms with E-state index >= 15 is 0 Å². The highest BCUT2D eigenvalue weighted by atomic mass is 16.7. The van der Waals surface area contributed by atoms with Gasteiger partial charge in [0.25, 0.3) is 5.56 Å². The standard InChI is InChI=1S/C20H23N5O3/c1-13-7-19-22-16(9-20(26)25(19)23-13)11-24-6-2-3-15(10-24)21-14-4-5-17-18(8-14)28-12-27-17/h4-5,7-9,15,21,23H,2-3,6,10-12H2,1H3/t15-/m0/s1. The summed E-state index contributed by atoms with van der Waals surface area (Å²) >= 11 is 0. The van der Waals surface area contributed by atoms with Crippen molar-refractivity contribution >= 4 is 11.3 Å². The summed E-state index contributed by atoms with van der Waals surface area (Å²) in [6.45, 7) is 4.79. The Morgan fingerprint density at radius 1 is 1.25 bits per heavy atom. The molecular formula is C20H23N5O3. The van der Waals surface area contributed by atoms with Crippen molar-refractivity contribution in [3.8, 4) is 11.5 Å². The minimum atomic E-state index is -0.0693. The summed E-state index contributed by atoms with van der Waals surface area (Å²) in [6, 6.07) is 9.82. The van der Waals surface area contributed by atoms with Crippen molar-refractivity contribution in [3.05, 3.63) is 52.1 Å². The Kier molecular flexibility index (Phi) is 4.20. The largest absolute Gasteiger partial charge is 0.454 e. The molecule has 1 fully saturated rings. The number of piperidine rings is 1. The SMILES string of the molecule is Cc1cc2nc(CN3CCC[C@H](Nc4ccc5c(c4)OCO5)C3)cc(=O)n2[nH]1. The van der Waals surface area contributed by atoms with Crippen molar-refractivity contribution in [2.75, 3.05) is 25.2 Å². The van der Waals surface area contributed by atoms with Crippen LogP contribution in [0, 0.1) is 6.92 Å². The van der Waals surface area contributed by atoms with Gasteiger partial charge in [-0.15, -0.1) is 0 Å². The van der Waals surface area contributed by atoms with Gasteiger partial charge in [0.15, 0.2) is 17.1 Å². The number of fused-ring (bicyclic) bond motifs is 2. The van der Waals surface area contributed by atoms with E-state index in [9.17, 15) is 4.79 Å². The normalized spacial score (nSPS) is 19.2. The number of rotatable bonds is 4. The number of hydrogen-bond acceptors (Lipinski definition) is 6. The average molecular weight is 381 g/mol. The summed E-state index contributed by atoms with van der Waals surface area (Å²) < 4.78 is 12.3. The van der Waals surface area contributed by atoms with E-state index in [1.807, 2.05) is 31.2 Å². The van der Waals surface area contributed by atoms with Gasteiger partial charge in [-0.1, -0.05) is 0 Å². The van der Waals surface area contributed by atoms with Crippen LogP contribution in [0.2, 0.25) is 0 Å². The maximum absolute atomic E-state index is 12.3. The summed E-state index contributed by atoms with van der Waals surface area (Å²) in [6.07, 6.45) is 2.21. The van der Waals surface area contributed by atoms with Gasteiger partial charge in [-0.25, -0.2) is 9.50 Å². The third kappa shape index (κ3) is 3.31. The number of aryl methyl sites for hydroxylation is 1. The molecule has 1 saturated heterocycles. The lowest BCUT2D eigenvalue weighted by molar-refractivity contribution is 0.174. The minimum Gasteiger partial charge on any atom is -0.454 e. The number of H-pyrrole nitrogens is 1. The maximum atomic E-state index is 12.3. The molecule has 0 spiro atoms. The van der Waals surface area contributed by atoms with Crippen LogP contribution < -0.4 is 20.3 Å². The number of nitrogens with one attached hydrogen (secondary N) is 2. The second-order valence-corrected chi connectivity index (χ2v) is 7.51. The van der Waals surface area contributed by atoms with E-state index in [4.69, 9.17) is 9.47 Å². The van der Waals surface area contributed by atoms with E-state index in [0.717, 1.165) is 54.5 Å². The van der Waals surface area contributed by atoms with E-state index in [0.29, 0.717) is 18.2 Å². The fourth-order valence-corrected chi connectivity index (χ4v) is 4.01. The number of nitrogens with zero attached hydrogens (tertiary/aromatic N) is 3. The van der Waals surface area contributed by atoms with Crippen LogP contribution >= 0.6 is 0 Å². The summed E-state index contributed by atoms with van der Waals surface area (Å²) in [5.74, 6) is 1.58. The first kappa shape index (κ1) is 17.1. The smallest absolute Gasteiger partial charge is 0.272 e. The highest BCUT2D eigenvalue weighted by Crippen LogP contribution is 2.34. The van der Waals surface area contributed by atoms with Gasteiger partial charge in [0.2, 0.25) is 6.79 Å². The molecule has 0 bridgehead atoms. The van der Waals surface area contributed by atoms with Crippen molar-refractivity contribution < 1.29 is 9.47 Å². The number of anilines is 1. The lowest BCUT2D eigenvalue weighted by atomic mass is 10.0. The Bertz CT molecular complexity index is 1070. The number of ether oxygens (including phenoxy) is 2. The van der Waals surface area contributed by atoms with Crippen LogP contribution in [0.25, 0.3) is 5.65 Å². The van der Waals surface area contributed by atoms with Gasteiger partial charge >= 0.3 is 0 Å². The van der Waals surface area contributed by atoms with Crippen LogP contribution in [0.5, 0.6) is 11.5 Å². The molecule has 0 aliphatic carbocycles. The number of benzene rings is 1. The molecule has 8 heteroatoms. The van der Waals surface area contributed by atoms with Crippen LogP contribution in [0.4, 0.5) is 5.69 Å². The van der Waals surface area contributed by atoms with Gasteiger partial charge in [-0.3, -0.25) is 14.8 Å². The Morgan fingerprint density at radius 2 is 2.14 bits per heavy atom. The lowest BCUT2D eigenvalue weighted by Crippen LogP contribution is -2.41. The molecule has 0 radical (unpaired) electrons. The highest BCUT2D eigenvalue weighted by molar-refractivity contribution is 5.56. The van der Waals surface area contributed by atoms with Crippen molar-refractivity contribution in [3.63, 3.8) is 0 Å². The molecular weight excluding hydrogens is 358 g/mol. The van der Waals surface area contributed by atoms with Crippen molar-refractivity contribution in [1.82, 2.24) is 19.5 Å². The Morgan fingerprint density at radius 3 is 3.07 bits per heavy atom. The van der Waals surface area contributed by atoms with Crippen LogP contribution in [-0.2, 0) is 6.54 Å². The molecule has 2 N–H and O–H groups in total. The van der Waals surface area contributed by atoms with Crippen molar-refractivity contribution in [2.45, 2.75) is 32.4 Å². The number of likely N-dealkylation sites (tertiary alicyclic amines) is 1. The summed E-state index contributed by atoms with van der Waals surface area (Å²) in [5.41, 5.74) is 3.38. The molecule has 5 rings (SSSR count). The molecule has 4 heterocycles. The predicted octanol–water partition coefficient (Wildman–Crippen LogP) is 2.14. The summed E-state index contributed by atoms with van der Waals surface area (Å²) in [7, 11) is 0. The zero-order valence-electron chi connectivity index (χ0n) is 15.8. The minimum absolute atomic E-state index is 0.0693. The van der Waals surface area contributed by atoms with Crippen LogP contribution in [0.15, 0.2) is 35.1 Å². The molecule has 0 saturated carbocycles. The molecule has 2 aliphatic heterocycles. The Hall–Kier alpha value is -3.00. The molecule has 28 heavy (non-hydrogen) atoms. The predicted molar refractivity (Wildman–Crippen MR) is 105 cm³/mol. The highest BCUT2D eigenvalue weighted by Gasteiger charge is 2.22. The molecule has 2 aliphatic rings. The van der Waals surface area contributed by atoms with Gasteiger partial charge in [-0.05, 0) is 38.4 Å². The molecule has 1 aromatic carbocycles. The Balaban J connectivity index is 1.27. The van der Waals surface area contributed by atoms with E-state index < -0.39 is 0 Å². The quantitative estimate of drug-likeness (QED) is 0.720. The second kappa shape index (κ2) is 6.87. The molecule has 3 aromatic rings. The topological polar surface area (TPSA) is 83.9 Å². The van der Waals surface area contributed by atoms with Crippen LogP contribution in [0.3, 0.4) is 0 Å². The van der Waals surface area contributed by atoms with Crippen LogP contribution in [0.1, 0.15) is 24.2 Å². The zero-order chi connectivity index (χ0) is 19.1. The summed E-state index contributed by atoms with van der Waals surface area (Å²) in [5, 5.41) is 6.61. The molecule has 146 valence electrons. The Labute approximate surface area is 162 Å². The average Bonchev–Trinajstić information content (AvgIpc) is 3.27. The monoisotopic (exact) mass is 381 g/mol. The van der Waals surface area contributed by atoms with E-state index in [2.05, 4.69) is 20.3 Å². The van der Waals surface area contributed by atoms with E-state index in [1.165, 1.54) is 4.52 Å². The van der Waals surface area contributed by atoms with Gasteiger partial charge < -0.3 is 14.8 Å². The number of hydrogen-bond donors (Lipinski definition) is 2. The van der Waals surface area contributed by atoms with Gasteiger partial charge in [0, 0.05) is 48.7 Å². The third-order valence-corrected chi connectivity index (χ3v) is 5.27. The van der Waals surface area contributed by atoms with Gasteiger partial charge in [0.05, 0.1) is 5.69 Å². The number of aromatic amines is 1. The van der Waals surface area contributed by atoms with Crippen molar-refractivity contribution in [1.29, 1.82) is 0 Å². The first-order valence-electron chi connectivity index (χ1n) is 9.61. The molecule has 8 nitrogen and oxygen atoms in total. The lowest BCUT2D eigenvalue weighted by Gasteiger charge is -2.33. The first-order valence-corrected chi connectivity index (χ1v) is 9.61. The van der Waals surface area contributed by atoms with Crippen LogP contribution in [-0.4, -0.2) is 45.4 Å². The molecule has 1 atom stereocenters. The fourth-order valence-electron chi connectivity index (χ4n) is 4.01. The number of aromatic nitrogens is 3. The molecule has 2 aromatic heterocycles.